The molecule has 0 radical (unpaired) electrons. The van der Waals surface area contributed by atoms with Crippen LogP contribution in [0.5, 0.6) is 0 Å². The number of para-hydroxylation sites is 1. The predicted octanol–water partition coefficient (Wildman–Crippen LogP) is 4.13. The first kappa shape index (κ1) is 40.8. The average Bonchev–Trinajstić information content (AvgIpc) is 3.18. The quantitative estimate of drug-likeness (QED) is 0.0663. The van der Waals surface area contributed by atoms with Gasteiger partial charge in [-0.3, -0.25) is 24.0 Å². The molecule has 1 aromatic heterocycles. The molecule has 13 heteroatoms. The van der Waals surface area contributed by atoms with Crippen molar-refractivity contribution in [1.29, 1.82) is 0 Å². The Hall–Kier alpha value is -6.42. The van der Waals surface area contributed by atoms with Crippen LogP contribution in [0.15, 0.2) is 82.0 Å². The van der Waals surface area contributed by atoms with E-state index in [-0.39, 0.29) is 62.6 Å². The van der Waals surface area contributed by atoms with E-state index >= 15 is 0 Å². The molecule has 1 aliphatic rings. The Labute approximate surface area is 326 Å². The largest absolute Gasteiger partial charge is 0.422 e. The zero-order chi connectivity index (χ0) is 40.0. The smallest absolute Gasteiger partial charge is 0.349 e. The van der Waals surface area contributed by atoms with Gasteiger partial charge in [-0.05, 0) is 81.5 Å². The van der Waals surface area contributed by atoms with Gasteiger partial charge < -0.3 is 35.9 Å². The van der Waals surface area contributed by atoms with Crippen molar-refractivity contribution in [3.63, 3.8) is 0 Å². The topological polar surface area (TPSA) is 184 Å². The van der Waals surface area contributed by atoms with Crippen LogP contribution in [0.4, 0.5) is 11.4 Å². The van der Waals surface area contributed by atoms with E-state index in [2.05, 4.69) is 32.7 Å². The number of benzene rings is 3. The highest BCUT2D eigenvalue weighted by molar-refractivity contribution is 5.97. The number of anilines is 2. The van der Waals surface area contributed by atoms with Crippen molar-refractivity contribution in [2.24, 2.45) is 5.73 Å². The number of hydrogen-bond donors (Lipinski definition) is 4. The van der Waals surface area contributed by atoms with Gasteiger partial charge in [0.25, 0.3) is 5.91 Å². The third-order valence-electron chi connectivity index (χ3n) is 9.62. The Morgan fingerprint density at radius 2 is 1.54 bits per heavy atom. The Balaban J connectivity index is 0.994. The van der Waals surface area contributed by atoms with Crippen LogP contribution in [0.1, 0.15) is 85.8 Å². The number of carbonyl (C=O) groups is 5. The molecule has 0 saturated carbocycles. The molecule has 0 spiro atoms. The van der Waals surface area contributed by atoms with Crippen molar-refractivity contribution in [3.05, 3.63) is 105 Å². The molecule has 292 valence electrons. The molecule has 0 aliphatic carbocycles. The third kappa shape index (κ3) is 10.8. The summed E-state index contributed by atoms with van der Waals surface area (Å²) in [6, 6.07) is 21.3. The first-order valence-corrected chi connectivity index (χ1v) is 19.0. The number of carbonyl (C=O) groups excluding carboxylic acids is 5. The number of unbranched alkanes of at least 4 members (excludes halogenated alkanes) is 1. The van der Waals surface area contributed by atoms with Crippen LogP contribution < -0.4 is 37.1 Å². The average molecular weight is 761 g/mol. The van der Waals surface area contributed by atoms with Crippen molar-refractivity contribution in [3.8, 4) is 11.8 Å². The van der Waals surface area contributed by atoms with E-state index in [4.69, 9.17) is 10.2 Å². The van der Waals surface area contributed by atoms with Crippen molar-refractivity contribution >= 4 is 51.9 Å². The summed E-state index contributed by atoms with van der Waals surface area (Å²) in [6.07, 6.45) is 1.55. The summed E-state index contributed by atoms with van der Waals surface area (Å²) in [5, 5.41) is 8.73. The minimum Gasteiger partial charge on any atom is -0.422 e. The number of amides is 5. The number of nitrogens with zero attached hydrogens (tertiary/aromatic N) is 2. The number of fused-ring (bicyclic) bond motifs is 3. The Morgan fingerprint density at radius 3 is 2.30 bits per heavy atom. The minimum absolute atomic E-state index is 0.00229. The maximum Gasteiger partial charge on any atom is 0.349 e. The van der Waals surface area contributed by atoms with Crippen LogP contribution in [0.25, 0.3) is 11.0 Å². The molecule has 3 aromatic carbocycles. The van der Waals surface area contributed by atoms with E-state index in [1.165, 1.54) is 6.07 Å². The van der Waals surface area contributed by atoms with Crippen LogP contribution >= 0.6 is 0 Å². The fourth-order valence-electron chi connectivity index (χ4n) is 6.52. The van der Waals surface area contributed by atoms with Crippen LogP contribution in [-0.4, -0.2) is 61.8 Å². The molecule has 5 rings (SSSR count). The van der Waals surface area contributed by atoms with Crippen LogP contribution in [0.2, 0.25) is 0 Å². The SMILES string of the molecule is CCN(CC)c1ccc2cc(C(=O)NCCCCC(NC(=O)CCCC(=O)NCCC(=O)N3Cc4ccccc4C#Cc4ccccc43)C(N)=O)c(=O)oc2c1. The van der Waals surface area contributed by atoms with Crippen LogP contribution in [0, 0.1) is 11.8 Å². The van der Waals surface area contributed by atoms with Gasteiger partial charge in [0.2, 0.25) is 23.6 Å². The Kier molecular flexibility index (Phi) is 14.4. The Morgan fingerprint density at radius 1 is 0.821 bits per heavy atom. The van der Waals surface area contributed by atoms with Crippen LogP contribution in [0.3, 0.4) is 0 Å². The highest BCUT2D eigenvalue weighted by Crippen LogP contribution is 2.26. The molecular formula is C43H48N6O7. The third-order valence-corrected chi connectivity index (χ3v) is 9.62. The fourth-order valence-corrected chi connectivity index (χ4v) is 6.52. The van der Waals surface area contributed by atoms with E-state index in [0.29, 0.717) is 30.4 Å². The van der Waals surface area contributed by atoms with Crippen molar-refractivity contribution in [1.82, 2.24) is 16.0 Å². The highest BCUT2D eigenvalue weighted by atomic mass is 16.4. The lowest BCUT2D eigenvalue weighted by Gasteiger charge is -2.26. The second kappa shape index (κ2) is 19.8. The van der Waals surface area contributed by atoms with Gasteiger partial charge in [-0.25, -0.2) is 4.79 Å². The predicted molar refractivity (Wildman–Crippen MR) is 215 cm³/mol. The highest BCUT2D eigenvalue weighted by Gasteiger charge is 2.22. The Bertz CT molecular complexity index is 2200. The zero-order valence-electron chi connectivity index (χ0n) is 31.8. The summed E-state index contributed by atoms with van der Waals surface area (Å²) < 4.78 is 5.46. The summed E-state index contributed by atoms with van der Waals surface area (Å²) in [4.78, 5) is 79.7. The summed E-state index contributed by atoms with van der Waals surface area (Å²) in [7, 11) is 0. The first-order chi connectivity index (χ1) is 27.1. The molecule has 1 unspecified atom stereocenters. The maximum atomic E-state index is 13.4. The lowest BCUT2D eigenvalue weighted by atomic mass is 10.0. The van der Waals surface area contributed by atoms with Crippen molar-refractivity contribution < 1.29 is 28.4 Å². The molecular weight excluding hydrogens is 713 g/mol. The van der Waals surface area contributed by atoms with E-state index in [1.54, 1.807) is 11.0 Å². The first-order valence-electron chi connectivity index (χ1n) is 19.0. The molecule has 0 saturated heterocycles. The molecule has 56 heavy (non-hydrogen) atoms. The summed E-state index contributed by atoms with van der Waals surface area (Å²) in [5.41, 5.74) is 9.28. The van der Waals surface area contributed by atoms with Gasteiger partial charge in [-0.2, -0.15) is 0 Å². The summed E-state index contributed by atoms with van der Waals surface area (Å²) in [6.45, 7) is 6.40. The molecule has 2 heterocycles. The molecule has 0 bridgehead atoms. The molecule has 1 atom stereocenters. The van der Waals surface area contributed by atoms with Gasteiger partial charge in [-0.15, -0.1) is 0 Å². The fraction of sp³-hybridized carbons (Fsp3) is 0.349. The second-order valence-corrected chi connectivity index (χ2v) is 13.5. The van der Waals surface area contributed by atoms with E-state index in [1.807, 2.05) is 74.5 Å². The molecule has 4 aromatic rings. The molecule has 5 amide bonds. The van der Waals surface area contributed by atoms with E-state index < -0.39 is 29.4 Å². The van der Waals surface area contributed by atoms with Gasteiger partial charge in [-0.1, -0.05) is 42.2 Å². The number of rotatable bonds is 18. The van der Waals surface area contributed by atoms with E-state index in [0.717, 1.165) is 41.2 Å². The lowest BCUT2D eigenvalue weighted by Crippen LogP contribution is -2.44. The summed E-state index contributed by atoms with van der Waals surface area (Å²) >= 11 is 0. The van der Waals surface area contributed by atoms with Gasteiger partial charge in [0, 0.05) is 73.7 Å². The monoisotopic (exact) mass is 760 g/mol. The van der Waals surface area contributed by atoms with Gasteiger partial charge >= 0.3 is 5.63 Å². The lowest BCUT2D eigenvalue weighted by molar-refractivity contribution is -0.127. The van der Waals surface area contributed by atoms with Gasteiger partial charge in [0.1, 0.15) is 17.2 Å². The van der Waals surface area contributed by atoms with Crippen molar-refractivity contribution in [2.45, 2.75) is 71.4 Å². The molecule has 5 N–H and O–H groups in total. The van der Waals surface area contributed by atoms with Gasteiger partial charge in [0.15, 0.2) is 0 Å². The minimum atomic E-state index is -0.918. The maximum absolute atomic E-state index is 13.4. The van der Waals surface area contributed by atoms with E-state index in [9.17, 15) is 28.8 Å². The normalized spacial score (nSPS) is 12.1. The van der Waals surface area contributed by atoms with Crippen LogP contribution in [-0.2, 0) is 25.7 Å². The molecule has 1 aliphatic heterocycles. The van der Waals surface area contributed by atoms with Gasteiger partial charge in [0.05, 0.1) is 12.2 Å². The second-order valence-electron chi connectivity index (χ2n) is 13.5. The summed E-state index contributed by atoms with van der Waals surface area (Å²) in [5.74, 6) is 4.23. The number of nitrogens with one attached hydrogen (secondary N) is 3. The number of hydrogen-bond acceptors (Lipinski definition) is 8. The molecule has 13 nitrogen and oxygen atoms in total. The number of primary amides is 1. The molecule has 0 fully saturated rings. The zero-order valence-corrected chi connectivity index (χ0v) is 31.8. The number of nitrogens with two attached hydrogens (primary N) is 1. The standard InChI is InChI=1S/C43H48N6O7/c1-3-48(4-2)33-22-21-31-26-34(43(55)56-37(31)27-33)42(54)46-24-10-9-15-35(41(44)53)47-39(51)18-11-17-38(50)45-25-23-40(52)49-28-32-14-6-5-12-29(32)19-20-30-13-7-8-16-36(30)49/h5-8,12-14,16,21-22,26-27,35H,3-4,9-11,15,17-18,23-25,28H2,1-2H3,(H2,44,53)(H,45,50)(H,46,54)(H,47,51). The van der Waals surface area contributed by atoms with Crippen molar-refractivity contribution in [2.75, 3.05) is 36.0 Å².